The van der Waals surface area contributed by atoms with Crippen molar-refractivity contribution in [3.05, 3.63) is 123 Å². The molecular weight excluding hydrogens is 1350 g/mol. The van der Waals surface area contributed by atoms with Crippen LogP contribution in [0.5, 0.6) is 0 Å². The van der Waals surface area contributed by atoms with Gasteiger partial charge in [-0.3, -0.25) is 4.79 Å². The summed E-state index contributed by atoms with van der Waals surface area (Å²) in [6.07, 6.45) is 14.4. The number of H-pyrrole nitrogens is 2. The molecule has 31 nitrogen and oxygen atoms in total. The number of carboxylic acids is 1. The van der Waals surface area contributed by atoms with Crippen LogP contribution in [0.1, 0.15) is 90.2 Å². The number of halogens is 3. The number of aryl methyl sites for hydroxylation is 2. The van der Waals surface area contributed by atoms with Crippen LogP contribution in [-0.2, 0) is 36.6 Å². The number of nitrogen functional groups attached to an aromatic ring is 4. The summed E-state index contributed by atoms with van der Waals surface area (Å²) in [7, 11) is 5.21. The second-order valence-corrected chi connectivity index (χ2v) is 20.8. The molecular formula is C50H54Cl3N18NaO13S5+2. The molecule has 10 aromatic rings. The number of aromatic nitrogens is 12. The van der Waals surface area contributed by atoms with Crippen molar-refractivity contribution in [1.82, 2.24) is 49.8 Å². The van der Waals surface area contributed by atoms with E-state index < -0.39 is 23.9 Å². The van der Waals surface area contributed by atoms with E-state index in [1.165, 1.54) is 83.2 Å². The molecule has 0 saturated carbocycles. The number of fused-ring (bicyclic) bond motifs is 4. The number of ether oxygens (including phenoxy) is 4. The average Bonchev–Trinajstić information content (AvgIpc) is 1.71. The summed E-state index contributed by atoms with van der Waals surface area (Å²) in [5.74, 6) is -2.64. The number of hydrogen-bond donors (Lipinski definition) is 8. The fraction of sp³-hybridized carbons (Fsp3) is 0.220. The first-order valence-corrected chi connectivity index (χ1v) is 28.3. The van der Waals surface area contributed by atoms with E-state index in [0.717, 1.165) is 58.2 Å². The Morgan fingerprint density at radius 3 is 1.44 bits per heavy atom. The van der Waals surface area contributed by atoms with Gasteiger partial charge in [0.25, 0.3) is 0 Å². The molecule has 0 aliphatic rings. The number of thiol groups is 1. The fourth-order valence-corrected chi connectivity index (χ4v) is 10.2. The van der Waals surface area contributed by atoms with E-state index >= 15 is 0 Å². The topological polar surface area (TPSA) is 505 Å². The van der Waals surface area contributed by atoms with Crippen LogP contribution in [0.4, 0.5) is 22.7 Å². The van der Waals surface area contributed by atoms with E-state index in [4.69, 9.17) is 73.4 Å². The van der Waals surface area contributed by atoms with Gasteiger partial charge in [0.15, 0.2) is 26.9 Å². The third kappa shape index (κ3) is 21.4. The minimum atomic E-state index is -1.03. The first kappa shape index (κ1) is 81.6. The van der Waals surface area contributed by atoms with Crippen molar-refractivity contribution in [2.75, 3.05) is 57.1 Å². The quantitative estimate of drug-likeness (QED) is 0.0341. The molecule has 0 saturated heterocycles. The summed E-state index contributed by atoms with van der Waals surface area (Å²) in [6, 6.07) is 3.44. The Labute approximate surface area is 568 Å². The molecule has 472 valence electrons. The minimum Gasteiger partial charge on any atom is -0.870 e. The molecule has 0 bridgehead atoms. The number of carboxylic acid groups (broad SMARTS) is 1. The Morgan fingerprint density at radius 2 is 1.07 bits per heavy atom. The zero-order chi connectivity index (χ0) is 63.9. The van der Waals surface area contributed by atoms with Gasteiger partial charge < -0.3 is 62.4 Å². The van der Waals surface area contributed by atoms with Crippen LogP contribution in [0, 0.1) is 32.5 Å². The van der Waals surface area contributed by atoms with Crippen molar-refractivity contribution >= 4 is 187 Å². The molecule has 0 amide bonds. The molecule has 0 unspecified atom stereocenters. The van der Waals surface area contributed by atoms with E-state index in [-0.39, 0.29) is 121 Å². The second-order valence-electron chi connectivity index (χ2n) is 15.3. The number of hydrogen-bond acceptors (Lipinski definition) is 31. The van der Waals surface area contributed by atoms with Gasteiger partial charge in [-0.15, -0.1) is 45.3 Å². The molecule has 10 rings (SSSR count). The maximum Gasteiger partial charge on any atom is 1.00 e. The maximum atomic E-state index is 11.4. The Bertz CT molecular complexity index is 4320. The number of rotatable bonds is 7. The Kier molecular flexibility index (Phi) is 35.9. The van der Waals surface area contributed by atoms with E-state index in [9.17, 15) is 33.8 Å². The van der Waals surface area contributed by atoms with Crippen LogP contribution in [0.2, 0.25) is 15.5 Å². The number of thiophene rings is 4. The van der Waals surface area contributed by atoms with Crippen LogP contribution in [0.15, 0.2) is 55.8 Å². The number of carbonyl (C=O) groups excluding carboxylic acids is 4. The monoisotopic (exact) mass is 1400 g/mol. The van der Waals surface area contributed by atoms with Gasteiger partial charge in [0.05, 0.1) is 102 Å². The van der Waals surface area contributed by atoms with Gasteiger partial charge in [0.1, 0.15) is 67.5 Å². The maximum absolute atomic E-state index is 11.4. The predicted octanol–water partition coefficient (Wildman–Crippen LogP) is 5.03. The number of carbonyl (C=O) groups is 5. The molecule has 0 aliphatic heterocycles. The van der Waals surface area contributed by atoms with Crippen molar-refractivity contribution in [3.8, 4) is 12.1 Å². The Hall–Kier alpha value is -8.37. The predicted molar refractivity (Wildman–Crippen MR) is 341 cm³/mol. The molecule has 0 fully saturated rings. The van der Waals surface area contributed by atoms with Gasteiger partial charge in [-0.2, -0.15) is 23.2 Å². The van der Waals surface area contributed by atoms with Crippen LogP contribution in [0.25, 0.3) is 41.4 Å². The van der Waals surface area contributed by atoms with Crippen molar-refractivity contribution in [2.24, 2.45) is 0 Å². The van der Waals surface area contributed by atoms with Crippen molar-refractivity contribution < 1.29 is 91.9 Å². The third-order valence-electron chi connectivity index (χ3n) is 10.0. The van der Waals surface area contributed by atoms with E-state index in [1.54, 1.807) is 24.5 Å². The van der Waals surface area contributed by atoms with Crippen molar-refractivity contribution in [3.63, 3.8) is 0 Å². The van der Waals surface area contributed by atoms with E-state index in [2.05, 4.69) is 81.4 Å². The summed E-state index contributed by atoms with van der Waals surface area (Å²) in [4.78, 5) is 118. The SMILES string of the molecule is C.C.CCc1cnc2sc(C(=O)O)c(N)c2n1.CCc1cnc2sc(C(=O)OC)c(N)c2n1.COC(=O)CS.COC(=O)c1sc2[nH]cc[n+](=O)c2c1N.COC(=O)c1sc2ncc(Cl)nc2c1N.N#Cc1c(Cl)[nH]cc[n+]1=O.N#Cc1nccnc1Cl.[Na+].[OH-]. The second kappa shape index (κ2) is 39.6. The van der Waals surface area contributed by atoms with Gasteiger partial charge in [-0.1, -0.05) is 63.5 Å². The molecule has 0 aliphatic carbocycles. The Morgan fingerprint density at radius 1 is 0.633 bits per heavy atom. The number of nitrogens with one attached hydrogen (secondary N) is 2. The average molecular weight is 1400 g/mol. The number of anilines is 4. The van der Waals surface area contributed by atoms with Gasteiger partial charge in [-0.05, 0) is 12.8 Å². The van der Waals surface area contributed by atoms with Crippen LogP contribution in [0.3, 0.4) is 0 Å². The van der Waals surface area contributed by atoms with Crippen LogP contribution >= 0.6 is 92.8 Å². The van der Waals surface area contributed by atoms with Crippen molar-refractivity contribution in [1.29, 1.82) is 10.5 Å². The van der Waals surface area contributed by atoms with Gasteiger partial charge >= 0.3 is 70.6 Å². The third-order valence-corrected chi connectivity index (χ3v) is 15.4. The number of nitriles is 2. The number of nitrogens with zero attached hydrogens (tertiary/aromatic N) is 12. The summed E-state index contributed by atoms with van der Waals surface area (Å²) >= 11 is 24.6. The van der Waals surface area contributed by atoms with Gasteiger partial charge in [-0.25, -0.2) is 59.0 Å². The molecule has 0 spiro atoms. The molecule has 90 heavy (non-hydrogen) atoms. The summed E-state index contributed by atoms with van der Waals surface area (Å²) in [5.41, 5.74) is 27.4. The first-order chi connectivity index (χ1) is 41.0. The fourth-order valence-electron chi connectivity index (χ4n) is 5.93. The van der Waals surface area contributed by atoms with Crippen LogP contribution in [-0.4, -0.2) is 124 Å². The summed E-state index contributed by atoms with van der Waals surface area (Å²) in [5, 5.41) is 25.9. The molecule has 0 atom stereocenters. The number of aromatic carboxylic acids is 1. The van der Waals surface area contributed by atoms with Crippen molar-refractivity contribution in [2.45, 2.75) is 41.5 Å². The number of esters is 4. The minimum absolute atomic E-state index is 0. The van der Waals surface area contributed by atoms with Gasteiger partial charge in [0.2, 0.25) is 12.4 Å². The number of methoxy groups -OCH3 is 4. The van der Waals surface area contributed by atoms with Gasteiger partial charge in [0, 0.05) is 22.2 Å². The van der Waals surface area contributed by atoms with E-state index in [1.807, 2.05) is 13.8 Å². The standard InChI is InChI=1S/C10H11N3O2S.C9H9N3O2S.C8H6ClN3O2S.C8H7N3O3S.C5H3ClN3O.C5H2ClN3.C3H6O2S.2CH4.Na.H2O/c1-3-5-4-12-9-7(13-5)6(11)8(16-9)10(14)15-2;1-2-4-3-11-8-6(12-4)5(10)7(15-8)9(13)14;1-14-8(13)6-4(10)5-7(15-6)11-2-3(9)12-5;1-14-8(12)6-4(9)5-7(15-6)10-2-3-11(5)13;6-5-4(3-7)9(10)2-1-8-5;6-5-4(3-7)8-1-2-9-5;1-5-3(4)2-6;;;;/h4H,3,11H2,1-2H3;3H,2,10H2,1H3,(H,13,14);2H,10H2,1H3;2-3H,1H3,(H2-,9,10,12,13);1-2H,(H,8,10);1-2H;6H,2H2,1H3;2*1H4;;1H2/q;;;;+1;;;;;+1;. The van der Waals surface area contributed by atoms with Crippen LogP contribution < -0.4 is 61.3 Å². The summed E-state index contributed by atoms with van der Waals surface area (Å²) in [6.45, 7) is 3.94. The largest absolute Gasteiger partial charge is 1.00 e. The summed E-state index contributed by atoms with van der Waals surface area (Å²) < 4.78 is 19.0. The zero-order valence-electron chi connectivity index (χ0n) is 46.6. The smallest absolute Gasteiger partial charge is 0.870 e. The molecule has 0 aromatic carbocycles. The molecule has 10 aromatic heterocycles. The number of nitrogens with two attached hydrogens (primary N) is 4. The Balaban J connectivity index is 0.00000104. The normalized spacial score (nSPS) is 9.51. The molecule has 0 radical (unpaired) electrons. The first-order valence-electron chi connectivity index (χ1n) is 23.3. The number of aromatic amines is 2. The molecule has 10 heterocycles. The van der Waals surface area contributed by atoms with E-state index in [0.29, 0.717) is 60.2 Å². The molecule has 12 N–H and O–H groups in total. The molecule has 40 heteroatoms. The zero-order valence-corrected chi connectivity index (χ0v) is 55.0.